The van der Waals surface area contributed by atoms with E-state index in [1.54, 1.807) is 18.2 Å². The standard InChI is InChI=1S/C19H22FN3O2/c20-15-5-1-2-6-16(15)21-10-9-19(24)22-17-7-3-4-8-18(17)23-11-13-25-14-12-23/h1-8,21H,9-14H2,(H,22,24). The summed E-state index contributed by atoms with van der Waals surface area (Å²) < 4.78 is 18.9. The molecule has 1 fully saturated rings. The number of nitrogens with one attached hydrogen (secondary N) is 2. The Morgan fingerprint density at radius 1 is 1.04 bits per heavy atom. The molecule has 0 saturated carbocycles. The van der Waals surface area contributed by atoms with Crippen molar-refractivity contribution >= 4 is 23.0 Å². The highest BCUT2D eigenvalue weighted by Gasteiger charge is 2.15. The fraction of sp³-hybridized carbons (Fsp3) is 0.316. The number of rotatable bonds is 6. The van der Waals surface area contributed by atoms with Gasteiger partial charge >= 0.3 is 0 Å². The van der Waals surface area contributed by atoms with Gasteiger partial charge in [0.25, 0.3) is 0 Å². The molecule has 0 spiro atoms. The molecule has 25 heavy (non-hydrogen) atoms. The van der Waals surface area contributed by atoms with Crippen LogP contribution in [0.15, 0.2) is 48.5 Å². The topological polar surface area (TPSA) is 53.6 Å². The quantitative estimate of drug-likeness (QED) is 0.846. The second kappa shape index (κ2) is 8.48. The van der Waals surface area contributed by atoms with Gasteiger partial charge in [-0.3, -0.25) is 4.79 Å². The van der Waals surface area contributed by atoms with E-state index in [-0.39, 0.29) is 18.1 Å². The SMILES string of the molecule is O=C(CCNc1ccccc1F)Nc1ccccc1N1CCOCC1. The zero-order valence-corrected chi connectivity index (χ0v) is 14.0. The maximum atomic E-state index is 13.5. The molecule has 1 aliphatic rings. The van der Waals surface area contributed by atoms with Crippen molar-refractivity contribution in [1.82, 2.24) is 0 Å². The van der Waals surface area contributed by atoms with E-state index in [1.165, 1.54) is 6.07 Å². The number of anilines is 3. The van der Waals surface area contributed by atoms with Crippen molar-refractivity contribution in [3.05, 3.63) is 54.3 Å². The maximum absolute atomic E-state index is 13.5. The van der Waals surface area contributed by atoms with E-state index in [0.29, 0.717) is 25.4 Å². The normalized spacial score (nSPS) is 14.2. The van der Waals surface area contributed by atoms with Crippen molar-refractivity contribution in [2.45, 2.75) is 6.42 Å². The van der Waals surface area contributed by atoms with Gasteiger partial charge < -0.3 is 20.3 Å². The lowest BCUT2D eigenvalue weighted by Crippen LogP contribution is -2.36. The molecule has 0 atom stereocenters. The third kappa shape index (κ3) is 4.70. The van der Waals surface area contributed by atoms with Crippen LogP contribution in [0.1, 0.15) is 6.42 Å². The molecule has 2 N–H and O–H groups in total. The summed E-state index contributed by atoms with van der Waals surface area (Å²) in [6.45, 7) is 3.36. The predicted molar refractivity (Wildman–Crippen MR) is 97.6 cm³/mol. The molecule has 1 saturated heterocycles. The Morgan fingerprint density at radius 2 is 1.72 bits per heavy atom. The highest BCUT2D eigenvalue weighted by atomic mass is 19.1. The van der Waals surface area contributed by atoms with Crippen LogP contribution in [-0.2, 0) is 9.53 Å². The van der Waals surface area contributed by atoms with Crippen LogP contribution in [-0.4, -0.2) is 38.8 Å². The Labute approximate surface area is 146 Å². The molecule has 0 aliphatic carbocycles. The molecule has 1 amide bonds. The van der Waals surface area contributed by atoms with E-state index in [2.05, 4.69) is 15.5 Å². The lowest BCUT2D eigenvalue weighted by atomic mass is 10.2. The molecule has 1 heterocycles. The lowest BCUT2D eigenvalue weighted by molar-refractivity contribution is -0.115. The number of amides is 1. The Hall–Kier alpha value is -2.60. The van der Waals surface area contributed by atoms with Gasteiger partial charge in [0.1, 0.15) is 5.82 Å². The molecule has 0 unspecified atom stereocenters. The Morgan fingerprint density at radius 3 is 2.48 bits per heavy atom. The van der Waals surface area contributed by atoms with Crippen LogP contribution in [0.25, 0.3) is 0 Å². The summed E-state index contributed by atoms with van der Waals surface area (Å²) in [7, 11) is 0. The monoisotopic (exact) mass is 343 g/mol. The fourth-order valence-electron chi connectivity index (χ4n) is 2.79. The summed E-state index contributed by atoms with van der Waals surface area (Å²) in [6, 6.07) is 14.2. The Kier molecular flexibility index (Phi) is 5.85. The highest BCUT2D eigenvalue weighted by Crippen LogP contribution is 2.26. The number of benzene rings is 2. The minimum Gasteiger partial charge on any atom is -0.382 e. The first kappa shape index (κ1) is 17.2. The predicted octanol–water partition coefficient (Wildman–Crippen LogP) is 3.10. The summed E-state index contributed by atoms with van der Waals surface area (Å²) in [6.07, 6.45) is 0.256. The maximum Gasteiger partial charge on any atom is 0.226 e. The first-order valence-corrected chi connectivity index (χ1v) is 8.44. The number of hydrogen-bond donors (Lipinski definition) is 2. The van der Waals surface area contributed by atoms with E-state index < -0.39 is 0 Å². The average Bonchev–Trinajstić information content (AvgIpc) is 2.64. The molecule has 2 aromatic carbocycles. The van der Waals surface area contributed by atoms with Gasteiger partial charge in [0, 0.05) is 26.1 Å². The molecule has 0 aromatic heterocycles. The summed E-state index contributed by atoms with van der Waals surface area (Å²) >= 11 is 0. The molecule has 2 aromatic rings. The number of nitrogens with zero attached hydrogens (tertiary/aromatic N) is 1. The van der Waals surface area contributed by atoms with Crippen molar-refractivity contribution in [1.29, 1.82) is 0 Å². The third-order valence-electron chi connectivity index (χ3n) is 4.07. The van der Waals surface area contributed by atoms with Gasteiger partial charge in [-0.05, 0) is 24.3 Å². The van der Waals surface area contributed by atoms with Crippen molar-refractivity contribution in [2.75, 3.05) is 48.4 Å². The highest BCUT2D eigenvalue weighted by molar-refractivity contribution is 5.94. The number of carbonyl (C=O) groups is 1. The van der Waals surface area contributed by atoms with E-state index in [1.807, 2.05) is 24.3 Å². The average molecular weight is 343 g/mol. The summed E-state index contributed by atoms with van der Waals surface area (Å²) in [5.41, 5.74) is 2.20. The molecule has 3 rings (SSSR count). The van der Waals surface area contributed by atoms with Crippen LogP contribution in [0.3, 0.4) is 0 Å². The molecule has 0 radical (unpaired) electrons. The van der Waals surface area contributed by atoms with Gasteiger partial charge in [-0.15, -0.1) is 0 Å². The van der Waals surface area contributed by atoms with E-state index >= 15 is 0 Å². The molecule has 5 nitrogen and oxygen atoms in total. The first-order valence-electron chi connectivity index (χ1n) is 8.44. The third-order valence-corrected chi connectivity index (χ3v) is 4.07. The van der Waals surface area contributed by atoms with Crippen molar-refractivity contribution in [3.63, 3.8) is 0 Å². The van der Waals surface area contributed by atoms with Gasteiger partial charge in [0.05, 0.1) is 30.3 Å². The minimum absolute atomic E-state index is 0.107. The van der Waals surface area contributed by atoms with Crippen LogP contribution in [0.5, 0.6) is 0 Å². The van der Waals surface area contributed by atoms with Gasteiger partial charge in [-0.25, -0.2) is 4.39 Å². The van der Waals surface area contributed by atoms with E-state index in [0.717, 1.165) is 24.5 Å². The number of ether oxygens (including phenoxy) is 1. The van der Waals surface area contributed by atoms with Crippen LogP contribution < -0.4 is 15.5 Å². The van der Waals surface area contributed by atoms with Crippen LogP contribution in [0.2, 0.25) is 0 Å². The molecule has 0 bridgehead atoms. The molecule has 6 heteroatoms. The number of morpholine rings is 1. The van der Waals surface area contributed by atoms with Crippen LogP contribution in [0.4, 0.5) is 21.5 Å². The first-order chi connectivity index (χ1) is 12.2. The summed E-state index contributed by atoms with van der Waals surface area (Å²) in [4.78, 5) is 14.4. The Balaban J connectivity index is 1.55. The fourth-order valence-corrected chi connectivity index (χ4v) is 2.79. The Bertz CT molecular complexity index is 717. The van der Waals surface area contributed by atoms with Gasteiger partial charge in [-0.1, -0.05) is 24.3 Å². The minimum atomic E-state index is -0.319. The van der Waals surface area contributed by atoms with Gasteiger partial charge in [0.15, 0.2) is 0 Å². The van der Waals surface area contributed by atoms with Crippen LogP contribution in [0, 0.1) is 5.82 Å². The largest absolute Gasteiger partial charge is 0.382 e. The lowest BCUT2D eigenvalue weighted by Gasteiger charge is -2.30. The van der Waals surface area contributed by atoms with E-state index in [4.69, 9.17) is 4.74 Å². The summed E-state index contributed by atoms with van der Waals surface area (Å²) in [5.74, 6) is -0.426. The smallest absolute Gasteiger partial charge is 0.226 e. The zero-order chi connectivity index (χ0) is 17.5. The van der Waals surface area contributed by atoms with Gasteiger partial charge in [0.2, 0.25) is 5.91 Å². The van der Waals surface area contributed by atoms with Gasteiger partial charge in [-0.2, -0.15) is 0 Å². The van der Waals surface area contributed by atoms with Crippen LogP contribution >= 0.6 is 0 Å². The number of carbonyl (C=O) groups excluding carboxylic acids is 1. The zero-order valence-electron chi connectivity index (χ0n) is 14.0. The molecular formula is C19H22FN3O2. The van der Waals surface area contributed by atoms with Crippen molar-refractivity contribution < 1.29 is 13.9 Å². The molecule has 132 valence electrons. The second-order valence-corrected chi connectivity index (χ2v) is 5.82. The van der Waals surface area contributed by atoms with Crippen molar-refractivity contribution in [2.24, 2.45) is 0 Å². The number of hydrogen-bond acceptors (Lipinski definition) is 4. The van der Waals surface area contributed by atoms with Crippen molar-refractivity contribution in [3.8, 4) is 0 Å². The number of halogens is 1. The summed E-state index contributed by atoms with van der Waals surface area (Å²) in [5, 5.41) is 5.90. The van der Waals surface area contributed by atoms with E-state index in [9.17, 15) is 9.18 Å². The number of para-hydroxylation sites is 3. The second-order valence-electron chi connectivity index (χ2n) is 5.82. The molecule has 1 aliphatic heterocycles. The molecular weight excluding hydrogens is 321 g/mol.